The summed E-state index contributed by atoms with van der Waals surface area (Å²) in [5, 5.41) is 13.9. The molecule has 7 heteroatoms. The fourth-order valence-corrected chi connectivity index (χ4v) is 2.40. The second-order valence-corrected chi connectivity index (χ2v) is 5.85. The van der Waals surface area contributed by atoms with Gasteiger partial charge in [-0.1, -0.05) is 18.2 Å². The van der Waals surface area contributed by atoms with Gasteiger partial charge >= 0.3 is 0 Å². The monoisotopic (exact) mass is 378 g/mol. The maximum Gasteiger partial charge on any atom is 0.229 e. The minimum atomic E-state index is -0.183. The van der Waals surface area contributed by atoms with Crippen molar-refractivity contribution >= 4 is 23.2 Å². The van der Waals surface area contributed by atoms with E-state index in [9.17, 15) is 4.79 Å². The van der Waals surface area contributed by atoms with Gasteiger partial charge in [0.2, 0.25) is 5.91 Å². The summed E-state index contributed by atoms with van der Waals surface area (Å²) < 4.78 is 10.9. The number of anilines is 3. The molecule has 1 heterocycles. The Kier molecular flexibility index (Phi) is 6.78. The maximum atomic E-state index is 12.0. The fourth-order valence-electron chi connectivity index (χ4n) is 2.40. The molecule has 0 spiro atoms. The highest BCUT2D eigenvalue weighted by molar-refractivity contribution is 5.89. The molecular formula is C21H22N4O3. The average Bonchev–Trinajstić information content (AvgIpc) is 2.72. The Hall–Kier alpha value is -3.61. The number of amides is 1. The van der Waals surface area contributed by atoms with Gasteiger partial charge < -0.3 is 20.1 Å². The molecule has 0 atom stereocenters. The van der Waals surface area contributed by atoms with Crippen molar-refractivity contribution in [3.63, 3.8) is 0 Å². The van der Waals surface area contributed by atoms with E-state index >= 15 is 0 Å². The van der Waals surface area contributed by atoms with Crippen molar-refractivity contribution < 1.29 is 14.3 Å². The first kappa shape index (κ1) is 19.2. The van der Waals surface area contributed by atoms with Crippen molar-refractivity contribution in [1.82, 2.24) is 10.2 Å². The van der Waals surface area contributed by atoms with E-state index in [1.807, 2.05) is 61.5 Å². The Balaban J connectivity index is 1.45. The number of para-hydroxylation sites is 1. The number of hydrogen-bond donors (Lipinski definition) is 2. The van der Waals surface area contributed by atoms with Crippen LogP contribution in [0.25, 0.3) is 0 Å². The zero-order valence-corrected chi connectivity index (χ0v) is 15.6. The molecule has 0 unspecified atom stereocenters. The molecule has 0 fully saturated rings. The molecule has 0 aliphatic heterocycles. The fraction of sp³-hybridized carbons (Fsp3) is 0.190. The third kappa shape index (κ3) is 5.98. The number of carbonyl (C=O) groups is 1. The first-order chi connectivity index (χ1) is 13.7. The minimum absolute atomic E-state index is 0.183. The number of nitrogens with zero attached hydrogens (tertiary/aromatic N) is 2. The van der Waals surface area contributed by atoms with Gasteiger partial charge in [0, 0.05) is 5.69 Å². The standard InChI is InChI=1S/C21H22N4O3/c1-2-27-18-10-8-16(9-11-18)22-19-12-13-20(25-24-19)23-21(26)14-15-28-17-6-4-3-5-7-17/h3-13H,2,14-15H2,1H3,(H,22,24)(H,23,25,26). The molecule has 28 heavy (non-hydrogen) atoms. The molecule has 0 radical (unpaired) electrons. The van der Waals surface area contributed by atoms with E-state index in [1.165, 1.54) is 0 Å². The molecular weight excluding hydrogens is 356 g/mol. The summed E-state index contributed by atoms with van der Waals surface area (Å²) in [6, 6.07) is 20.4. The lowest BCUT2D eigenvalue weighted by Crippen LogP contribution is -2.16. The topological polar surface area (TPSA) is 85.4 Å². The van der Waals surface area contributed by atoms with Crippen molar-refractivity contribution in [3.8, 4) is 11.5 Å². The van der Waals surface area contributed by atoms with Gasteiger partial charge in [0.15, 0.2) is 11.6 Å². The second kappa shape index (κ2) is 9.91. The predicted octanol–water partition coefficient (Wildman–Crippen LogP) is 4.03. The molecule has 1 aromatic heterocycles. The molecule has 144 valence electrons. The van der Waals surface area contributed by atoms with Crippen LogP contribution in [0, 0.1) is 0 Å². The summed E-state index contributed by atoms with van der Waals surface area (Å²) in [6.07, 6.45) is 0.225. The van der Waals surface area contributed by atoms with Crippen LogP contribution in [0.3, 0.4) is 0 Å². The van der Waals surface area contributed by atoms with E-state index in [-0.39, 0.29) is 12.3 Å². The highest BCUT2D eigenvalue weighted by atomic mass is 16.5. The molecule has 0 aliphatic carbocycles. The number of rotatable bonds is 9. The Labute approximate surface area is 163 Å². The summed E-state index contributed by atoms with van der Waals surface area (Å²) in [5.41, 5.74) is 0.868. The predicted molar refractivity (Wildman–Crippen MR) is 108 cm³/mol. The van der Waals surface area contributed by atoms with E-state index in [2.05, 4.69) is 20.8 Å². The Bertz CT molecular complexity index is 868. The van der Waals surface area contributed by atoms with Gasteiger partial charge in [0.1, 0.15) is 11.5 Å². The number of benzene rings is 2. The van der Waals surface area contributed by atoms with Crippen LogP contribution in [-0.2, 0) is 4.79 Å². The zero-order chi connectivity index (χ0) is 19.6. The average molecular weight is 378 g/mol. The van der Waals surface area contributed by atoms with Crippen LogP contribution < -0.4 is 20.1 Å². The first-order valence-electron chi connectivity index (χ1n) is 9.04. The van der Waals surface area contributed by atoms with Crippen molar-refractivity contribution in [2.45, 2.75) is 13.3 Å². The maximum absolute atomic E-state index is 12.0. The van der Waals surface area contributed by atoms with Gasteiger partial charge in [-0.25, -0.2) is 0 Å². The smallest absolute Gasteiger partial charge is 0.229 e. The lowest BCUT2D eigenvalue weighted by molar-refractivity contribution is -0.116. The number of ether oxygens (including phenoxy) is 2. The Morgan fingerprint density at radius 3 is 2.21 bits per heavy atom. The lowest BCUT2D eigenvalue weighted by atomic mass is 10.3. The Morgan fingerprint density at radius 1 is 0.857 bits per heavy atom. The molecule has 3 rings (SSSR count). The molecule has 3 aromatic rings. The molecule has 2 aromatic carbocycles. The normalized spacial score (nSPS) is 10.2. The zero-order valence-electron chi connectivity index (χ0n) is 15.6. The van der Waals surface area contributed by atoms with Gasteiger partial charge in [-0.05, 0) is 55.5 Å². The summed E-state index contributed by atoms with van der Waals surface area (Å²) >= 11 is 0. The van der Waals surface area contributed by atoms with Gasteiger partial charge in [-0.3, -0.25) is 4.79 Å². The van der Waals surface area contributed by atoms with E-state index in [0.29, 0.717) is 24.8 Å². The van der Waals surface area contributed by atoms with Crippen LogP contribution in [0.4, 0.5) is 17.3 Å². The van der Waals surface area contributed by atoms with Crippen molar-refractivity contribution in [1.29, 1.82) is 0 Å². The van der Waals surface area contributed by atoms with Crippen molar-refractivity contribution in [3.05, 3.63) is 66.7 Å². The molecule has 0 saturated heterocycles. The summed E-state index contributed by atoms with van der Waals surface area (Å²) in [6.45, 7) is 2.86. The van der Waals surface area contributed by atoms with Gasteiger partial charge in [0.05, 0.1) is 19.6 Å². The van der Waals surface area contributed by atoms with E-state index < -0.39 is 0 Å². The van der Waals surface area contributed by atoms with Gasteiger partial charge in [0.25, 0.3) is 0 Å². The third-order valence-electron chi connectivity index (χ3n) is 3.71. The highest BCUT2D eigenvalue weighted by Gasteiger charge is 2.05. The van der Waals surface area contributed by atoms with Crippen molar-refractivity contribution in [2.75, 3.05) is 23.8 Å². The number of carbonyl (C=O) groups excluding carboxylic acids is 1. The van der Waals surface area contributed by atoms with Crippen molar-refractivity contribution in [2.24, 2.45) is 0 Å². The van der Waals surface area contributed by atoms with E-state index in [1.54, 1.807) is 12.1 Å². The van der Waals surface area contributed by atoms with Gasteiger partial charge in [-0.15, -0.1) is 10.2 Å². The van der Waals surface area contributed by atoms with Gasteiger partial charge in [-0.2, -0.15) is 0 Å². The SMILES string of the molecule is CCOc1ccc(Nc2ccc(NC(=O)CCOc3ccccc3)nn2)cc1. The highest BCUT2D eigenvalue weighted by Crippen LogP contribution is 2.19. The summed E-state index contributed by atoms with van der Waals surface area (Å²) in [5.74, 6) is 2.34. The molecule has 2 N–H and O–H groups in total. The third-order valence-corrected chi connectivity index (χ3v) is 3.71. The van der Waals surface area contributed by atoms with E-state index in [0.717, 1.165) is 17.2 Å². The van der Waals surface area contributed by atoms with Crippen LogP contribution >= 0.6 is 0 Å². The Morgan fingerprint density at radius 2 is 1.54 bits per heavy atom. The quantitative estimate of drug-likeness (QED) is 0.585. The molecule has 1 amide bonds. The summed E-state index contributed by atoms with van der Waals surface area (Å²) in [7, 11) is 0. The van der Waals surface area contributed by atoms with Crippen LogP contribution in [0.2, 0.25) is 0 Å². The molecule has 0 bridgehead atoms. The largest absolute Gasteiger partial charge is 0.494 e. The second-order valence-electron chi connectivity index (χ2n) is 5.85. The van der Waals surface area contributed by atoms with Crippen LogP contribution in [0.1, 0.15) is 13.3 Å². The summed E-state index contributed by atoms with van der Waals surface area (Å²) in [4.78, 5) is 12.0. The van der Waals surface area contributed by atoms with Crippen LogP contribution in [-0.4, -0.2) is 29.3 Å². The number of aromatic nitrogens is 2. The van der Waals surface area contributed by atoms with Crippen LogP contribution in [0.15, 0.2) is 66.7 Å². The minimum Gasteiger partial charge on any atom is -0.494 e. The van der Waals surface area contributed by atoms with Crippen LogP contribution in [0.5, 0.6) is 11.5 Å². The molecule has 0 saturated carbocycles. The molecule has 0 aliphatic rings. The molecule has 7 nitrogen and oxygen atoms in total. The lowest BCUT2D eigenvalue weighted by Gasteiger charge is -2.08. The number of hydrogen-bond acceptors (Lipinski definition) is 6. The first-order valence-corrected chi connectivity index (χ1v) is 9.04. The number of nitrogens with one attached hydrogen (secondary N) is 2. The van der Waals surface area contributed by atoms with E-state index in [4.69, 9.17) is 9.47 Å².